The van der Waals surface area contributed by atoms with Gasteiger partial charge >= 0.3 is 5.97 Å². The molecule has 1 heterocycles. The number of nitrogens with two attached hydrogens (primary N) is 1. The third-order valence-electron chi connectivity index (χ3n) is 5.58. The van der Waals surface area contributed by atoms with Crippen LogP contribution in [0, 0.1) is 0 Å². The van der Waals surface area contributed by atoms with E-state index in [1.807, 2.05) is 42.5 Å². The predicted octanol–water partition coefficient (Wildman–Crippen LogP) is 6.15. The van der Waals surface area contributed by atoms with E-state index in [0.29, 0.717) is 17.8 Å². The van der Waals surface area contributed by atoms with Gasteiger partial charge in [0.05, 0.1) is 25.8 Å². The first kappa shape index (κ1) is 26.3. The number of anilines is 1. The Morgan fingerprint density at radius 1 is 1.09 bits per heavy atom. The Labute approximate surface area is 218 Å². The van der Waals surface area contributed by atoms with E-state index in [0.717, 1.165) is 44.8 Å². The number of methoxy groups -OCH3 is 2. The zero-order valence-electron chi connectivity index (χ0n) is 19.4. The number of amides is 1. The average Bonchev–Trinajstić information content (AvgIpc) is 2.90. The van der Waals surface area contributed by atoms with Crippen molar-refractivity contribution in [1.29, 1.82) is 0 Å². The van der Waals surface area contributed by atoms with Crippen LogP contribution in [0.5, 0.6) is 5.75 Å². The molecule has 0 fully saturated rings. The van der Waals surface area contributed by atoms with Crippen molar-refractivity contribution in [2.75, 3.05) is 26.5 Å². The van der Waals surface area contributed by atoms with Gasteiger partial charge in [0.1, 0.15) is 5.75 Å². The van der Waals surface area contributed by atoms with Crippen molar-refractivity contribution >= 4 is 51.2 Å². The number of halogens is 2. The van der Waals surface area contributed by atoms with E-state index >= 15 is 0 Å². The Morgan fingerprint density at radius 3 is 2.37 bits per heavy atom. The molecule has 1 unspecified atom stereocenters. The number of benzene rings is 3. The average molecular weight is 558 g/mol. The van der Waals surface area contributed by atoms with Crippen LogP contribution in [-0.2, 0) is 9.53 Å². The normalized spacial score (nSPS) is 14.8. The van der Waals surface area contributed by atoms with Crippen LogP contribution in [0.1, 0.15) is 33.9 Å². The molecule has 0 radical (unpaired) electrons. The smallest absolute Gasteiger partial charge is 0.337 e. The molecule has 0 aromatic heterocycles. The third kappa shape index (κ3) is 6.87. The maximum atomic E-state index is 11.6. The quantitative estimate of drug-likeness (QED) is 0.231. The van der Waals surface area contributed by atoms with Gasteiger partial charge in [0.2, 0.25) is 6.41 Å². The highest BCUT2D eigenvalue weighted by atomic mass is 79.9. The molecule has 6 nitrogen and oxygen atoms in total. The maximum absolute atomic E-state index is 11.6. The number of carbonyl (C=O) groups excluding carboxylic acids is 2. The third-order valence-corrected chi connectivity index (χ3v) is 6.32. The van der Waals surface area contributed by atoms with Gasteiger partial charge < -0.3 is 20.1 Å². The predicted molar refractivity (Wildman–Crippen MR) is 142 cm³/mol. The Kier molecular flexibility index (Phi) is 9.34. The van der Waals surface area contributed by atoms with Crippen LogP contribution in [0.15, 0.2) is 77.3 Å². The van der Waals surface area contributed by atoms with Gasteiger partial charge in [0.15, 0.2) is 0 Å². The van der Waals surface area contributed by atoms with Gasteiger partial charge in [0, 0.05) is 27.3 Å². The minimum absolute atomic E-state index is 0.207. The van der Waals surface area contributed by atoms with Crippen molar-refractivity contribution in [3.05, 3.63) is 99.0 Å². The van der Waals surface area contributed by atoms with Gasteiger partial charge in [-0.3, -0.25) is 4.79 Å². The molecular weight excluding hydrogens is 532 g/mol. The van der Waals surface area contributed by atoms with Crippen molar-refractivity contribution in [3.8, 4) is 5.75 Å². The number of rotatable bonds is 5. The number of hydrogen-bond donors (Lipinski definition) is 1. The Bertz CT molecular complexity index is 1200. The molecule has 182 valence electrons. The zero-order valence-corrected chi connectivity index (χ0v) is 21.8. The SMILES string of the molecule is COC(=O)c1ccc(C2C=C(c3cc(Br)ccc3N)CCN2C=O)cc1.COc1ccc(Cl)cc1. The molecule has 35 heavy (non-hydrogen) atoms. The van der Waals surface area contributed by atoms with Crippen LogP contribution in [0.25, 0.3) is 5.57 Å². The molecule has 1 amide bonds. The van der Waals surface area contributed by atoms with Gasteiger partial charge in [-0.1, -0.05) is 45.7 Å². The molecular formula is C27H26BrClN2O4. The van der Waals surface area contributed by atoms with Gasteiger partial charge in [-0.05, 0) is 72.2 Å². The summed E-state index contributed by atoms with van der Waals surface area (Å²) < 4.78 is 10.6. The fourth-order valence-corrected chi connectivity index (χ4v) is 4.19. The van der Waals surface area contributed by atoms with Gasteiger partial charge in [-0.2, -0.15) is 0 Å². The van der Waals surface area contributed by atoms with Gasteiger partial charge in [0.25, 0.3) is 0 Å². The van der Waals surface area contributed by atoms with Crippen molar-refractivity contribution < 1.29 is 19.1 Å². The summed E-state index contributed by atoms with van der Waals surface area (Å²) in [5.74, 6) is 0.449. The summed E-state index contributed by atoms with van der Waals surface area (Å²) in [5.41, 5.74) is 10.3. The van der Waals surface area contributed by atoms with E-state index in [1.165, 1.54) is 7.11 Å². The summed E-state index contributed by atoms with van der Waals surface area (Å²) in [4.78, 5) is 24.9. The molecule has 1 aliphatic heterocycles. The first-order valence-corrected chi connectivity index (χ1v) is 12.0. The highest BCUT2D eigenvalue weighted by molar-refractivity contribution is 9.10. The molecule has 0 spiro atoms. The van der Waals surface area contributed by atoms with Crippen molar-refractivity contribution in [2.24, 2.45) is 0 Å². The summed E-state index contributed by atoms with van der Waals surface area (Å²) in [6, 6.07) is 19.9. The number of nitrogens with zero attached hydrogens (tertiary/aromatic N) is 1. The summed E-state index contributed by atoms with van der Waals surface area (Å²) in [6.07, 6.45) is 3.65. The van der Waals surface area contributed by atoms with E-state index in [9.17, 15) is 9.59 Å². The second kappa shape index (κ2) is 12.4. The molecule has 8 heteroatoms. The number of ether oxygens (including phenoxy) is 2. The highest BCUT2D eigenvalue weighted by Crippen LogP contribution is 2.36. The van der Waals surface area contributed by atoms with Crippen LogP contribution in [0.4, 0.5) is 5.69 Å². The molecule has 0 bridgehead atoms. The Morgan fingerprint density at radius 2 is 1.77 bits per heavy atom. The number of carbonyl (C=O) groups is 2. The van der Waals surface area contributed by atoms with Gasteiger partial charge in [-0.25, -0.2) is 4.79 Å². The van der Waals surface area contributed by atoms with E-state index in [4.69, 9.17) is 26.8 Å². The number of hydrogen-bond acceptors (Lipinski definition) is 5. The number of esters is 1. The lowest BCUT2D eigenvalue weighted by atomic mass is 9.91. The molecule has 0 aliphatic carbocycles. The summed E-state index contributed by atoms with van der Waals surface area (Å²) in [5, 5.41) is 0.732. The second-order valence-electron chi connectivity index (χ2n) is 7.73. The molecule has 4 rings (SSSR count). The minimum atomic E-state index is -0.384. The first-order chi connectivity index (χ1) is 16.9. The monoisotopic (exact) mass is 556 g/mol. The van der Waals surface area contributed by atoms with Crippen LogP contribution in [0.2, 0.25) is 5.02 Å². The Balaban J connectivity index is 0.000000320. The Hall–Kier alpha value is -3.29. The molecule has 1 aliphatic rings. The summed E-state index contributed by atoms with van der Waals surface area (Å²) in [7, 11) is 2.98. The standard InChI is InChI=1S/C20H19BrN2O3.C7H7ClO/c1-26-20(25)14-4-2-13(3-5-14)19-10-15(8-9-23(19)12-24)17-11-16(21)6-7-18(17)22;1-9-7-4-2-6(8)3-5-7/h2-7,10-12,19H,8-9,22H2,1H3;2-5H,1H3. The summed E-state index contributed by atoms with van der Waals surface area (Å²) >= 11 is 9.10. The van der Waals surface area contributed by atoms with Crippen LogP contribution in [-0.4, -0.2) is 38.0 Å². The molecule has 3 aromatic carbocycles. The van der Waals surface area contributed by atoms with Gasteiger partial charge in [-0.15, -0.1) is 0 Å². The first-order valence-electron chi connectivity index (χ1n) is 10.8. The van der Waals surface area contributed by atoms with Crippen molar-refractivity contribution in [1.82, 2.24) is 4.90 Å². The topological polar surface area (TPSA) is 81.9 Å². The largest absolute Gasteiger partial charge is 0.497 e. The van der Waals surface area contributed by atoms with Crippen molar-refractivity contribution in [3.63, 3.8) is 0 Å². The lowest BCUT2D eigenvalue weighted by molar-refractivity contribution is -0.119. The van der Waals surface area contributed by atoms with Crippen LogP contribution in [0.3, 0.4) is 0 Å². The zero-order chi connectivity index (χ0) is 25.4. The maximum Gasteiger partial charge on any atom is 0.337 e. The highest BCUT2D eigenvalue weighted by Gasteiger charge is 2.24. The van der Waals surface area contributed by atoms with E-state index in [-0.39, 0.29) is 12.0 Å². The van der Waals surface area contributed by atoms with Crippen LogP contribution < -0.4 is 10.5 Å². The molecule has 0 saturated carbocycles. The molecule has 1 atom stereocenters. The van der Waals surface area contributed by atoms with E-state index in [2.05, 4.69) is 22.0 Å². The fraction of sp³-hybridized carbons (Fsp3) is 0.185. The molecule has 0 saturated heterocycles. The van der Waals surface area contributed by atoms with E-state index < -0.39 is 0 Å². The molecule has 3 aromatic rings. The van der Waals surface area contributed by atoms with Crippen LogP contribution >= 0.6 is 27.5 Å². The fourth-order valence-electron chi connectivity index (χ4n) is 3.70. The lowest BCUT2D eigenvalue weighted by Crippen LogP contribution is -2.30. The second-order valence-corrected chi connectivity index (χ2v) is 9.09. The van der Waals surface area contributed by atoms with E-state index in [1.54, 1.807) is 36.3 Å². The molecule has 2 N–H and O–H groups in total. The minimum Gasteiger partial charge on any atom is -0.497 e. The summed E-state index contributed by atoms with van der Waals surface area (Å²) in [6.45, 7) is 0.602. The number of nitrogen functional groups attached to an aromatic ring is 1. The van der Waals surface area contributed by atoms with Crippen molar-refractivity contribution in [2.45, 2.75) is 12.5 Å². The lowest BCUT2D eigenvalue weighted by Gasteiger charge is -2.32.